The van der Waals surface area contributed by atoms with E-state index in [1.54, 1.807) is 0 Å². The lowest BCUT2D eigenvalue weighted by Crippen LogP contribution is -2.49. The molecule has 1 aliphatic carbocycles. The van der Waals surface area contributed by atoms with Crippen molar-refractivity contribution in [2.75, 3.05) is 19.6 Å². The van der Waals surface area contributed by atoms with E-state index in [4.69, 9.17) is 5.11 Å². The molecule has 2 aliphatic heterocycles. The molecule has 1 unspecified atom stereocenters. The Labute approximate surface area is 117 Å². The number of hydrogen-bond donors (Lipinski definition) is 3. The van der Waals surface area contributed by atoms with Crippen molar-refractivity contribution in [3.8, 4) is 0 Å². The van der Waals surface area contributed by atoms with Crippen molar-refractivity contribution in [2.24, 2.45) is 0 Å². The van der Waals surface area contributed by atoms with Gasteiger partial charge in [-0.25, -0.2) is 9.59 Å². The summed E-state index contributed by atoms with van der Waals surface area (Å²) in [7, 11) is 0. The number of β-amino-alcohol motifs (C(OH)–C–C–N with tert-alkyl or cyclic N) is 1. The lowest BCUT2D eigenvalue weighted by Gasteiger charge is -2.24. The molecule has 1 saturated carbocycles. The van der Waals surface area contributed by atoms with Crippen molar-refractivity contribution < 1.29 is 19.8 Å². The number of carboxylic acid groups (broad SMARTS) is 1. The third-order valence-electron chi connectivity index (χ3n) is 4.44. The van der Waals surface area contributed by atoms with Gasteiger partial charge >= 0.3 is 12.0 Å². The predicted molar refractivity (Wildman–Crippen MR) is 70.3 cm³/mol. The van der Waals surface area contributed by atoms with Crippen LogP contribution in [0.4, 0.5) is 4.79 Å². The fourth-order valence-electron chi connectivity index (χ4n) is 3.21. The van der Waals surface area contributed by atoms with Crippen LogP contribution in [-0.2, 0) is 4.79 Å². The monoisotopic (exact) mass is 283 g/mol. The summed E-state index contributed by atoms with van der Waals surface area (Å²) in [5, 5.41) is 21.6. The second kappa shape index (κ2) is 5.21. The summed E-state index contributed by atoms with van der Waals surface area (Å²) in [5.74, 6) is -1.05. The molecule has 7 nitrogen and oxygen atoms in total. The summed E-state index contributed by atoms with van der Waals surface area (Å²) in [6.07, 6.45) is 2.78. The number of likely N-dealkylation sites (tertiary alicyclic amines) is 2. The molecule has 3 rings (SSSR count). The SMILES string of the molecule is O=C(O)[C@@H]1C[C@@H](O)CN1C(=O)NC1CCN(C2CC2)C1. The van der Waals surface area contributed by atoms with E-state index >= 15 is 0 Å². The van der Waals surface area contributed by atoms with E-state index in [0.29, 0.717) is 6.04 Å². The molecule has 0 aromatic heterocycles. The minimum absolute atomic E-state index is 0.0929. The maximum atomic E-state index is 12.2. The van der Waals surface area contributed by atoms with E-state index in [0.717, 1.165) is 19.5 Å². The van der Waals surface area contributed by atoms with Crippen molar-refractivity contribution >= 4 is 12.0 Å². The van der Waals surface area contributed by atoms with Crippen molar-refractivity contribution in [1.82, 2.24) is 15.1 Å². The molecule has 0 spiro atoms. The number of nitrogens with one attached hydrogen (secondary N) is 1. The number of nitrogens with zero attached hydrogens (tertiary/aromatic N) is 2. The summed E-state index contributed by atoms with van der Waals surface area (Å²) >= 11 is 0. The second-order valence-electron chi connectivity index (χ2n) is 6.06. The summed E-state index contributed by atoms with van der Waals surface area (Å²) in [6, 6.07) is -0.491. The summed E-state index contributed by atoms with van der Waals surface area (Å²) < 4.78 is 0. The number of aliphatic hydroxyl groups excluding tert-OH is 1. The molecule has 3 fully saturated rings. The molecule has 0 bridgehead atoms. The minimum Gasteiger partial charge on any atom is -0.480 e. The van der Waals surface area contributed by atoms with Gasteiger partial charge in [0.05, 0.1) is 6.10 Å². The van der Waals surface area contributed by atoms with Gasteiger partial charge in [-0.3, -0.25) is 4.90 Å². The number of carbonyl (C=O) groups excluding carboxylic acids is 1. The van der Waals surface area contributed by atoms with Crippen LogP contribution in [0.2, 0.25) is 0 Å². The molecule has 2 amide bonds. The Bertz CT molecular complexity index is 412. The lowest BCUT2D eigenvalue weighted by molar-refractivity contribution is -0.141. The number of carboxylic acids is 1. The Morgan fingerprint density at radius 3 is 2.55 bits per heavy atom. The first-order valence-electron chi connectivity index (χ1n) is 7.26. The Hall–Kier alpha value is -1.34. The van der Waals surface area contributed by atoms with Gasteiger partial charge in [0.25, 0.3) is 0 Å². The van der Waals surface area contributed by atoms with E-state index in [9.17, 15) is 14.7 Å². The molecule has 20 heavy (non-hydrogen) atoms. The quantitative estimate of drug-likeness (QED) is 0.646. The smallest absolute Gasteiger partial charge is 0.326 e. The number of rotatable bonds is 3. The highest BCUT2D eigenvalue weighted by Gasteiger charge is 2.40. The Kier molecular flexibility index (Phi) is 3.55. The van der Waals surface area contributed by atoms with Gasteiger partial charge in [0, 0.05) is 38.1 Å². The zero-order valence-corrected chi connectivity index (χ0v) is 11.4. The average molecular weight is 283 g/mol. The van der Waals surface area contributed by atoms with Gasteiger partial charge in [0.15, 0.2) is 0 Å². The predicted octanol–water partition coefficient (Wildman–Crippen LogP) is -0.547. The third kappa shape index (κ3) is 2.73. The Balaban J connectivity index is 1.54. The summed E-state index contributed by atoms with van der Waals surface area (Å²) in [6.45, 7) is 1.95. The summed E-state index contributed by atoms with van der Waals surface area (Å²) in [4.78, 5) is 26.9. The number of aliphatic hydroxyl groups is 1. The van der Waals surface area contributed by atoms with Crippen molar-refractivity contribution in [2.45, 2.75) is 49.9 Å². The molecule has 3 N–H and O–H groups in total. The molecule has 2 saturated heterocycles. The molecule has 3 atom stereocenters. The van der Waals surface area contributed by atoms with Crippen LogP contribution >= 0.6 is 0 Å². The normalized spacial score (nSPS) is 34.5. The number of urea groups is 1. The fourth-order valence-corrected chi connectivity index (χ4v) is 3.21. The van der Waals surface area contributed by atoms with Gasteiger partial charge in [-0.2, -0.15) is 0 Å². The van der Waals surface area contributed by atoms with Crippen LogP contribution in [0.15, 0.2) is 0 Å². The van der Waals surface area contributed by atoms with Gasteiger partial charge < -0.3 is 20.4 Å². The number of hydrogen-bond acceptors (Lipinski definition) is 4. The van der Waals surface area contributed by atoms with Gasteiger partial charge in [0.1, 0.15) is 6.04 Å². The van der Waals surface area contributed by atoms with Crippen molar-refractivity contribution in [3.63, 3.8) is 0 Å². The van der Waals surface area contributed by atoms with E-state index in [-0.39, 0.29) is 25.0 Å². The topological polar surface area (TPSA) is 93.1 Å². The van der Waals surface area contributed by atoms with E-state index in [2.05, 4.69) is 10.2 Å². The van der Waals surface area contributed by atoms with Gasteiger partial charge in [-0.1, -0.05) is 0 Å². The highest BCUT2D eigenvalue weighted by atomic mass is 16.4. The standard InChI is InChI=1S/C13H21N3O4/c17-10-5-11(12(18)19)16(7-10)13(20)14-8-3-4-15(6-8)9-1-2-9/h8-11,17H,1-7H2,(H,14,20)(H,18,19)/t8?,10-,11+/m1/s1. The van der Waals surface area contributed by atoms with Gasteiger partial charge in [-0.05, 0) is 19.3 Å². The molecule has 0 aromatic carbocycles. The molecule has 7 heteroatoms. The maximum absolute atomic E-state index is 12.2. The first-order chi connectivity index (χ1) is 9.54. The van der Waals surface area contributed by atoms with Crippen LogP contribution in [-0.4, -0.2) is 75.9 Å². The first-order valence-corrected chi connectivity index (χ1v) is 7.26. The van der Waals surface area contributed by atoms with E-state index < -0.39 is 18.1 Å². The molecule has 112 valence electrons. The van der Waals surface area contributed by atoms with Gasteiger partial charge in [-0.15, -0.1) is 0 Å². The lowest BCUT2D eigenvalue weighted by atomic mass is 10.2. The highest BCUT2D eigenvalue weighted by Crippen LogP contribution is 2.30. The summed E-state index contributed by atoms with van der Waals surface area (Å²) in [5.41, 5.74) is 0. The van der Waals surface area contributed by atoms with Crippen molar-refractivity contribution in [1.29, 1.82) is 0 Å². The van der Waals surface area contributed by atoms with Crippen LogP contribution in [0.25, 0.3) is 0 Å². The van der Waals surface area contributed by atoms with Crippen molar-refractivity contribution in [3.05, 3.63) is 0 Å². The molecule has 0 aromatic rings. The molecule has 3 aliphatic rings. The van der Waals surface area contributed by atoms with E-state index in [1.807, 2.05) is 0 Å². The first kappa shape index (κ1) is 13.6. The zero-order valence-electron chi connectivity index (χ0n) is 11.4. The molecule has 0 radical (unpaired) electrons. The van der Waals surface area contributed by atoms with Crippen LogP contribution in [0.1, 0.15) is 25.7 Å². The number of amides is 2. The van der Waals surface area contributed by atoms with Crippen LogP contribution in [0, 0.1) is 0 Å². The Morgan fingerprint density at radius 2 is 1.90 bits per heavy atom. The number of aliphatic carboxylic acids is 1. The maximum Gasteiger partial charge on any atom is 0.326 e. The third-order valence-corrected chi connectivity index (χ3v) is 4.44. The Morgan fingerprint density at radius 1 is 1.15 bits per heavy atom. The molecule has 2 heterocycles. The van der Waals surface area contributed by atoms with Crippen LogP contribution in [0.3, 0.4) is 0 Å². The largest absolute Gasteiger partial charge is 0.480 e. The van der Waals surface area contributed by atoms with Crippen LogP contribution in [0.5, 0.6) is 0 Å². The second-order valence-corrected chi connectivity index (χ2v) is 6.06. The molecular formula is C13H21N3O4. The fraction of sp³-hybridized carbons (Fsp3) is 0.846. The van der Waals surface area contributed by atoms with Crippen LogP contribution < -0.4 is 5.32 Å². The molecular weight excluding hydrogens is 262 g/mol. The minimum atomic E-state index is -1.05. The van der Waals surface area contributed by atoms with Gasteiger partial charge in [0.2, 0.25) is 0 Å². The highest BCUT2D eigenvalue weighted by molar-refractivity contribution is 5.83. The van der Waals surface area contributed by atoms with E-state index in [1.165, 1.54) is 17.7 Å². The average Bonchev–Trinajstić information content (AvgIpc) is 3.01. The zero-order chi connectivity index (χ0) is 14.3. The number of carbonyl (C=O) groups is 2.